The van der Waals surface area contributed by atoms with Gasteiger partial charge in [0.1, 0.15) is 4.90 Å². The summed E-state index contributed by atoms with van der Waals surface area (Å²) in [6, 6.07) is 6.84. The summed E-state index contributed by atoms with van der Waals surface area (Å²) in [6.45, 7) is 4.37. The largest absolute Gasteiger partial charge is 0.396 e. The smallest absolute Gasteiger partial charge is 0.240 e. The predicted octanol–water partition coefficient (Wildman–Crippen LogP) is 1.04. The van der Waals surface area contributed by atoms with Crippen molar-refractivity contribution in [1.29, 1.82) is 5.26 Å². The number of primary sulfonamides is 1. The third kappa shape index (κ3) is 3.59. The minimum atomic E-state index is -3.85. The van der Waals surface area contributed by atoms with Gasteiger partial charge in [-0.1, -0.05) is 6.07 Å². The van der Waals surface area contributed by atoms with Gasteiger partial charge in [-0.15, -0.1) is 0 Å². The maximum atomic E-state index is 11.4. The van der Waals surface area contributed by atoms with E-state index in [9.17, 15) is 8.42 Å². The van der Waals surface area contributed by atoms with Crippen molar-refractivity contribution in [3.8, 4) is 6.07 Å². The summed E-state index contributed by atoms with van der Waals surface area (Å²) >= 11 is 0. The molecule has 0 bridgehead atoms. The fourth-order valence-corrected chi connectivity index (χ4v) is 2.54. The molecule has 0 saturated carbocycles. The number of hydrogen-bond acceptors (Lipinski definition) is 5. The van der Waals surface area contributed by atoms with Crippen molar-refractivity contribution in [3.63, 3.8) is 0 Å². The van der Waals surface area contributed by atoms with Crippen LogP contribution in [0.15, 0.2) is 23.1 Å². The van der Waals surface area contributed by atoms with Gasteiger partial charge in [-0.05, 0) is 26.0 Å². The van der Waals surface area contributed by atoms with Crippen molar-refractivity contribution in [2.75, 3.05) is 17.2 Å². The number of sulfonamides is 1. The van der Waals surface area contributed by atoms with Crippen LogP contribution < -0.4 is 15.8 Å². The Bertz CT molecular complexity index is 590. The highest BCUT2D eigenvalue weighted by Crippen LogP contribution is 2.30. The maximum absolute atomic E-state index is 11.4. The van der Waals surface area contributed by atoms with E-state index in [1.54, 1.807) is 12.1 Å². The summed E-state index contributed by atoms with van der Waals surface area (Å²) in [4.78, 5) is 1.79. The third-order valence-corrected chi connectivity index (χ3v) is 3.72. The first-order valence-corrected chi connectivity index (χ1v) is 7.38. The van der Waals surface area contributed by atoms with Gasteiger partial charge in [0.15, 0.2) is 0 Å². The van der Waals surface area contributed by atoms with Crippen LogP contribution >= 0.6 is 0 Å². The zero-order valence-corrected chi connectivity index (χ0v) is 11.8. The second-order valence-corrected chi connectivity index (χ2v) is 5.96. The molecule has 104 valence electrons. The summed E-state index contributed by atoms with van der Waals surface area (Å²) in [7, 11) is -3.85. The average Bonchev–Trinajstić information content (AvgIpc) is 2.29. The Balaban J connectivity index is 3.30. The SMILES string of the molecule is CC(C)N(CCC#N)c1cccc(S(N)(=O)=O)c1N. The van der Waals surface area contributed by atoms with E-state index < -0.39 is 10.0 Å². The van der Waals surface area contributed by atoms with E-state index in [2.05, 4.69) is 6.07 Å². The lowest BCUT2D eigenvalue weighted by molar-refractivity contribution is 0.598. The van der Waals surface area contributed by atoms with Crippen LogP contribution in [0.25, 0.3) is 0 Å². The molecule has 6 nitrogen and oxygen atoms in total. The molecule has 0 radical (unpaired) electrons. The highest BCUT2D eigenvalue weighted by Gasteiger charge is 2.19. The molecule has 0 saturated heterocycles. The zero-order valence-electron chi connectivity index (χ0n) is 11.0. The summed E-state index contributed by atoms with van der Waals surface area (Å²) < 4.78 is 22.9. The number of benzene rings is 1. The van der Waals surface area contributed by atoms with E-state index in [0.717, 1.165) is 0 Å². The van der Waals surface area contributed by atoms with E-state index in [1.807, 2.05) is 18.7 Å². The minimum Gasteiger partial charge on any atom is -0.396 e. The second-order valence-electron chi connectivity index (χ2n) is 4.43. The first-order valence-electron chi connectivity index (χ1n) is 5.84. The van der Waals surface area contributed by atoms with E-state index in [-0.39, 0.29) is 16.6 Å². The summed E-state index contributed by atoms with van der Waals surface area (Å²) in [5.74, 6) is 0. The van der Waals surface area contributed by atoms with Crippen molar-refractivity contribution < 1.29 is 8.42 Å². The van der Waals surface area contributed by atoms with Gasteiger partial charge in [0.2, 0.25) is 10.0 Å². The highest BCUT2D eigenvalue weighted by molar-refractivity contribution is 7.89. The van der Waals surface area contributed by atoms with E-state index in [4.69, 9.17) is 16.1 Å². The molecule has 19 heavy (non-hydrogen) atoms. The monoisotopic (exact) mass is 282 g/mol. The van der Waals surface area contributed by atoms with E-state index >= 15 is 0 Å². The molecule has 0 atom stereocenters. The van der Waals surface area contributed by atoms with Crippen LogP contribution in [-0.2, 0) is 10.0 Å². The molecule has 7 heteroatoms. The lowest BCUT2D eigenvalue weighted by Gasteiger charge is -2.29. The van der Waals surface area contributed by atoms with Crippen molar-refractivity contribution in [3.05, 3.63) is 18.2 Å². The summed E-state index contributed by atoms with van der Waals surface area (Å²) in [5.41, 5.74) is 6.60. The maximum Gasteiger partial charge on any atom is 0.240 e. The number of nitrogen functional groups attached to an aromatic ring is 1. The number of nitrogens with zero attached hydrogens (tertiary/aromatic N) is 2. The van der Waals surface area contributed by atoms with Crippen LogP contribution in [0, 0.1) is 11.3 Å². The summed E-state index contributed by atoms with van der Waals surface area (Å²) in [6.07, 6.45) is 0.331. The van der Waals surface area contributed by atoms with Gasteiger partial charge < -0.3 is 10.6 Å². The van der Waals surface area contributed by atoms with Gasteiger partial charge in [0, 0.05) is 12.6 Å². The third-order valence-electron chi connectivity index (χ3n) is 2.75. The van der Waals surface area contributed by atoms with Gasteiger partial charge in [-0.25, -0.2) is 13.6 Å². The molecule has 1 aromatic rings. The molecule has 0 spiro atoms. The standard InChI is InChI=1S/C12H18N4O2S/c1-9(2)16(8-4-7-13)10-5-3-6-11(12(10)14)19(15,17)18/h3,5-6,9H,4,8,14H2,1-2H3,(H2,15,17,18). The van der Waals surface area contributed by atoms with Gasteiger partial charge in [0.25, 0.3) is 0 Å². The molecule has 1 rings (SSSR count). The fourth-order valence-electron chi connectivity index (χ4n) is 1.86. The first-order chi connectivity index (χ1) is 8.79. The highest BCUT2D eigenvalue weighted by atomic mass is 32.2. The van der Waals surface area contributed by atoms with Crippen LogP contribution in [0.4, 0.5) is 11.4 Å². The van der Waals surface area contributed by atoms with Gasteiger partial charge >= 0.3 is 0 Å². The molecule has 0 fully saturated rings. The molecule has 0 heterocycles. The fraction of sp³-hybridized carbons (Fsp3) is 0.417. The molecule has 4 N–H and O–H groups in total. The number of nitrogens with two attached hydrogens (primary N) is 2. The number of nitriles is 1. The normalized spacial score (nSPS) is 11.3. The minimum absolute atomic E-state index is 0.0892. The molecular weight excluding hydrogens is 264 g/mol. The Morgan fingerprint density at radius 2 is 2.05 bits per heavy atom. The van der Waals surface area contributed by atoms with Gasteiger partial charge in [-0.3, -0.25) is 0 Å². The lowest BCUT2D eigenvalue weighted by atomic mass is 10.2. The van der Waals surface area contributed by atoms with Crippen LogP contribution in [0.5, 0.6) is 0 Å². The zero-order chi connectivity index (χ0) is 14.6. The average molecular weight is 282 g/mol. The molecular formula is C12H18N4O2S. The first kappa shape index (κ1) is 15.3. The number of anilines is 2. The number of para-hydroxylation sites is 1. The second kappa shape index (κ2) is 5.91. The van der Waals surface area contributed by atoms with E-state index in [1.165, 1.54) is 6.07 Å². The van der Waals surface area contributed by atoms with Crippen LogP contribution in [0.3, 0.4) is 0 Å². The van der Waals surface area contributed by atoms with Gasteiger partial charge in [0.05, 0.1) is 23.9 Å². The quantitative estimate of drug-likeness (QED) is 0.783. The Kier molecular flexibility index (Phi) is 4.75. The molecule has 0 aliphatic carbocycles. The molecule has 0 unspecified atom stereocenters. The van der Waals surface area contributed by atoms with Crippen LogP contribution in [0.2, 0.25) is 0 Å². The number of hydrogen-bond donors (Lipinski definition) is 2. The molecule has 0 aromatic heterocycles. The number of rotatable bonds is 5. The Hall–Kier alpha value is -1.78. The van der Waals surface area contributed by atoms with Crippen LogP contribution in [0.1, 0.15) is 20.3 Å². The van der Waals surface area contributed by atoms with Crippen molar-refractivity contribution in [2.24, 2.45) is 5.14 Å². The van der Waals surface area contributed by atoms with Crippen molar-refractivity contribution in [1.82, 2.24) is 0 Å². The topological polar surface area (TPSA) is 113 Å². The molecule has 0 aliphatic rings. The molecule has 0 amide bonds. The van der Waals surface area contributed by atoms with E-state index in [0.29, 0.717) is 18.7 Å². The van der Waals surface area contributed by atoms with Gasteiger partial charge in [-0.2, -0.15) is 5.26 Å². The Labute approximate surface area is 113 Å². The Morgan fingerprint density at radius 1 is 1.42 bits per heavy atom. The lowest BCUT2D eigenvalue weighted by Crippen LogP contribution is -2.32. The Morgan fingerprint density at radius 3 is 2.53 bits per heavy atom. The molecule has 0 aliphatic heterocycles. The van der Waals surface area contributed by atoms with Crippen LogP contribution in [-0.4, -0.2) is 21.0 Å². The summed E-state index contributed by atoms with van der Waals surface area (Å²) in [5, 5.41) is 13.8. The van der Waals surface area contributed by atoms with Crippen molar-refractivity contribution >= 4 is 21.4 Å². The molecule has 1 aromatic carbocycles. The van der Waals surface area contributed by atoms with Crippen molar-refractivity contribution in [2.45, 2.75) is 31.2 Å². The predicted molar refractivity (Wildman–Crippen MR) is 74.9 cm³/mol.